The summed E-state index contributed by atoms with van der Waals surface area (Å²) in [5.41, 5.74) is 1.95. The van der Waals surface area contributed by atoms with Gasteiger partial charge in [-0.15, -0.1) is 0 Å². The summed E-state index contributed by atoms with van der Waals surface area (Å²) in [6.07, 6.45) is 3.31. The molecule has 1 aliphatic heterocycles. The average molecular weight is 345 g/mol. The predicted octanol–water partition coefficient (Wildman–Crippen LogP) is 3.19. The smallest absolute Gasteiger partial charge is 0.240 e. The first kappa shape index (κ1) is 19.3. The van der Waals surface area contributed by atoms with E-state index in [4.69, 9.17) is 0 Å². The third-order valence-electron chi connectivity index (χ3n) is 5.01. The highest BCUT2D eigenvalue weighted by Gasteiger charge is 2.19. The van der Waals surface area contributed by atoms with Crippen LogP contribution in [-0.2, 0) is 9.59 Å². The van der Waals surface area contributed by atoms with Gasteiger partial charge >= 0.3 is 0 Å². The largest absolute Gasteiger partial charge is 0.372 e. The van der Waals surface area contributed by atoms with Crippen molar-refractivity contribution in [2.75, 3.05) is 29.4 Å². The molecule has 1 unspecified atom stereocenters. The van der Waals surface area contributed by atoms with Crippen LogP contribution in [0.2, 0.25) is 0 Å². The van der Waals surface area contributed by atoms with Gasteiger partial charge in [0.1, 0.15) is 6.54 Å². The zero-order valence-electron chi connectivity index (χ0n) is 15.9. The van der Waals surface area contributed by atoms with Crippen LogP contribution in [-0.4, -0.2) is 37.5 Å². The predicted molar refractivity (Wildman–Crippen MR) is 103 cm³/mol. The van der Waals surface area contributed by atoms with Gasteiger partial charge in [0.25, 0.3) is 0 Å². The summed E-state index contributed by atoms with van der Waals surface area (Å²) < 4.78 is 0. The first-order chi connectivity index (χ1) is 11.9. The van der Waals surface area contributed by atoms with Crippen LogP contribution < -0.4 is 15.1 Å². The van der Waals surface area contributed by atoms with Crippen LogP contribution in [0.5, 0.6) is 0 Å². The lowest BCUT2D eigenvalue weighted by Crippen LogP contribution is -2.42. The third-order valence-corrected chi connectivity index (χ3v) is 5.01. The number of hydrogen-bond acceptors (Lipinski definition) is 3. The molecule has 1 fully saturated rings. The van der Waals surface area contributed by atoms with Crippen molar-refractivity contribution in [3.05, 3.63) is 24.3 Å². The van der Waals surface area contributed by atoms with Gasteiger partial charge in [0.05, 0.1) is 0 Å². The highest BCUT2D eigenvalue weighted by Crippen LogP contribution is 2.25. The molecule has 5 nitrogen and oxygen atoms in total. The molecule has 2 amide bonds. The molecule has 0 aromatic heterocycles. The van der Waals surface area contributed by atoms with Crippen molar-refractivity contribution < 1.29 is 9.59 Å². The van der Waals surface area contributed by atoms with Crippen LogP contribution in [0, 0.1) is 5.92 Å². The zero-order chi connectivity index (χ0) is 18.4. The summed E-state index contributed by atoms with van der Waals surface area (Å²) in [7, 11) is 0. The Morgan fingerprint density at radius 2 is 1.84 bits per heavy atom. The van der Waals surface area contributed by atoms with Crippen molar-refractivity contribution in [2.24, 2.45) is 5.92 Å². The zero-order valence-corrected chi connectivity index (χ0v) is 15.9. The van der Waals surface area contributed by atoms with Crippen molar-refractivity contribution in [1.29, 1.82) is 0 Å². The fraction of sp³-hybridized carbons (Fsp3) is 0.600. The summed E-state index contributed by atoms with van der Waals surface area (Å²) >= 11 is 0. The minimum atomic E-state index is -0.126. The fourth-order valence-electron chi connectivity index (χ4n) is 3.06. The van der Waals surface area contributed by atoms with E-state index in [1.807, 2.05) is 38.1 Å². The molecule has 1 N–H and O–H groups in total. The Morgan fingerprint density at radius 3 is 2.36 bits per heavy atom. The summed E-state index contributed by atoms with van der Waals surface area (Å²) in [5.74, 6) is 0.547. The lowest BCUT2D eigenvalue weighted by Gasteiger charge is -2.32. The van der Waals surface area contributed by atoms with E-state index in [1.54, 1.807) is 0 Å². The Labute approximate surface area is 151 Å². The molecule has 0 aliphatic carbocycles. The Balaban J connectivity index is 2.03. The number of carbonyl (C=O) groups excluding carboxylic acids is 2. The van der Waals surface area contributed by atoms with E-state index in [2.05, 4.69) is 17.1 Å². The minimum absolute atomic E-state index is 0.0558. The first-order valence-electron chi connectivity index (χ1n) is 9.33. The average Bonchev–Trinajstić information content (AvgIpc) is 2.60. The highest BCUT2D eigenvalue weighted by atomic mass is 16.2. The second kappa shape index (κ2) is 8.88. The van der Waals surface area contributed by atoms with Gasteiger partial charge in [-0.05, 0) is 56.4 Å². The molecule has 0 spiro atoms. The lowest BCUT2D eigenvalue weighted by molar-refractivity contribution is -0.123. The first-order valence-corrected chi connectivity index (χ1v) is 9.33. The maximum Gasteiger partial charge on any atom is 0.240 e. The van der Waals surface area contributed by atoms with Crippen LogP contribution in [0.4, 0.5) is 11.4 Å². The molecule has 1 aromatic carbocycles. The van der Waals surface area contributed by atoms with Crippen LogP contribution in [0.3, 0.4) is 0 Å². The van der Waals surface area contributed by atoms with Crippen LogP contribution in [0.1, 0.15) is 47.0 Å². The van der Waals surface area contributed by atoms with E-state index in [-0.39, 0.29) is 24.4 Å². The van der Waals surface area contributed by atoms with E-state index in [1.165, 1.54) is 30.4 Å². The summed E-state index contributed by atoms with van der Waals surface area (Å²) in [5, 5.41) is 2.91. The van der Waals surface area contributed by atoms with Crippen molar-refractivity contribution in [3.8, 4) is 0 Å². The Morgan fingerprint density at radius 1 is 1.24 bits per heavy atom. The molecule has 5 heteroatoms. The second-order valence-corrected chi connectivity index (χ2v) is 7.17. The molecule has 1 saturated heterocycles. The molecule has 1 heterocycles. The summed E-state index contributed by atoms with van der Waals surface area (Å²) in [6, 6.07) is 8.09. The number of benzene rings is 1. The molecular weight excluding hydrogens is 314 g/mol. The van der Waals surface area contributed by atoms with E-state index >= 15 is 0 Å². The maximum absolute atomic E-state index is 12.1. The van der Waals surface area contributed by atoms with Crippen LogP contribution in [0.15, 0.2) is 24.3 Å². The Kier molecular flexibility index (Phi) is 6.85. The van der Waals surface area contributed by atoms with Gasteiger partial charge in [-0.1, -0.05) is 13.8 Å². The molecular formula is C20H31N3O2. The molecule has 1 aliphatic rings. The molecule has 0 saturated carbocycles. The topological polar surface area (TPSA) is 52.7 Å². The van der Waals surface area contributed by atoms with E-state index in [9.17, 15) is 9.59 Å². The molecule has 1 atom stereocenters. The number of nitrogens with zero attached hydrogens (tertiary/aromatic N) is 2. The van der Waals surface area contributed by atoms with E-state index < -0.39 is 0 Å². The lowest BCUT2D eigenvalue weighted by atomic mass is 9.99. The molecule has 1 aromatic rings. The standard InChI is InChI=1S/C20H31N3O2/c1-5-16(3)21-20(25)14-23(17(4)24)19-8-6-18(7-9-19)22-12-10-15(2)11-13-22/h6-9,15-16H,5,10-14H2,1-4H3,(H,21,25). The number of nitrogens with one attached hydrogen (secondary N) is 1. The summed E-state index contributed by atoms with van der Waals surface area (Å²) in [4.78, 5) is 28.0. The van der Waals surface area contributed by atoms with Gasteiger partial charge in [-0.2, -0.15) is 0 Å². The van der Waals surface area contributed by atoms with Crippen molar-refractivity contribution in [2.45, 2.75) is 53.0 Å². The Hall–Kier alpha value is -2.04. The molecule has 2 rings (SSSR count). The van der Waals surface area contributed by atoms with Gasteiger partial charge in [-0.3, -0.25) is 9.59 Å². The number of rotatable bonds is 6. The van der Waals surface area contributed by atoms with E-state index in [0.29, 0.717) is 0 Å². The number of anilines is 2. The van der Waals surface area contributed by atoms with Crippen LogP contribution >= 0.6 is 0 Å². The molecule has 138 valence electrons. The number of piperidine rings is 1. The van der Waals surface area contributed by atoms with Crippen molar-refractivity contribution >= 4 is 23.2 Å². The van der Waals surface area contributed by atoms with E-state index in [0.717, 1.165) is 31.1 Å². The molecule has 0 bridgehead atoms. The summed E-state index contributed by atoms with van der Waals surface area (Å²) in [6.45, 7) is 9.99. The van der Waals surface area contributed by atoms with Gasteiger partial charge in [0, 0.05) is 37.4 Å². The normalized spacial score (nSPS) is 16.4. The Bertz CT molecular complexity index is 577. The molecule has 0 radical (unpaired) electrons. The van der Waals surface area contributed by atoms with Crippen molar-refractivity contribution in [3.63, 3.8) is 0 Å². The second-order valence-electron chi connectivity index (χ2n) is 7.17. The monoisotopic (exact) mass is 345 g/mol. The highest BCUT2D eigenvalue weighted by molar-refractivity contribution is 5.97. The van der Waals surface area contributed by atoms with Gasteiger partial charge in [-0.25, -0.2) is 0 Å². The van der Waals surface area contributed by atoms with Gasteiger partial charge in [0.2, 0.25) is 11.8 Å². The number of amides is 2. The SMILES string of the molecule is CCC(C)NC(=O)CN(C(C)=O)c1ccc(N2CCC(C)CC2)cc1. The number of carbonyl (C=O) groups is 2. The van der Waals surface area contributed by atoms with Crippen LogP contribution in [0.25, 0.3) is 0 Å². The van der Waals surface area contributed by atoms with Gasteiger partial charge in [0.15, 0.2) is 0 Å². The number of hydrogen-bond donors (Lipinski definition) is 1. The van der Waals surface area contributed by atoms with Gasteiger partial charge < -0.3 is 15.1 Å². The quantitative estimate of drug-likeness (QED) is 0.861. The third kappa shape index (κ3) is 5.48. The maximum atomic E-state index is 12.1. The molecule has 25 heavy (non-hydrogen) atoms. The minimum Gasteiger partial charge on any atom is -0.372 e. The van der Waals surface area contributed by atoms with Crippen molar-refractivity contribution in [1.82, 2.24) is 5.32 Å². The fourth-order valence-corrected chi connectivity index (χ4v) is 3.06.